The molecule has 1 aliphatic rings. The molecule has 7 heteroatoms. The number of hydrogen-bond donors (Lipinski definition) is 1. The molecule has 0 saturated carbocycles. The Kier molecular flexibility index (Phi) is 3.87. The molecule has 1 aromatic carbocycles. The Morgan fingerprint density at radius 1 is 1.48 bits per heavy atom. The lowest BCUT2D eigenvalue weighted by Crippen LogP contribution is -2.61. The van der Waals surface area contributed by atoms with Crippen LogP contribution < -0.4 is 4.90 Å². The maximum absolute atomic E-state index is 11.9. The number of benzene rings is 1. The molecule has 0 bridgehead atoms. The van der Waals surface area contributed by atoms with Crippen LogP contribution in [0.1, 0.15) is 23.7 Å². The molecule has 0 spiro atoms. The molecule has 21 heavy (non-hydrogen) atoms. The van der Waals surface area contributed by atoms with Gasteiger partial charge in [-0.05, 0) is 18.6 Å². The Labute approximate surface area is 122 Å². The molecule has 7 nitrogen and oxygen atoms in total. The number of carbonyl (C=O) groups is 1. The van der Waals surface area contributed by atoms with Gasteiger partial charge in [0.05, 0.1) is 10.5 Å². The number of nitro groups is 1. The predicted molar refractivity (Wildman–Crippen MR) is 78.6 cm³/mol. The second-order valence-corrected chi connectivity index (χ2v) is 5.59. The van der Waals surface area contributed by atoms with Crippen molar-refractivity contribution in [3.05, 3.63) is 33.9 Å². The van der Waals surface area contributed by atoms with Crippen molar-refractivity contribution in [3.8, 4) is 0 Å². The predicted octanol–water partition coefficient (Wildman–Crippen LogP) is 1.26. The number of carbonyl (C=O) groups excluding carboxylic acids is 1. The van der Waals surface area contributed by atoms with Gasteiger partial charge in [-0.25, -0.2) is 0 Å². The molecular formula is C14H19N3O4. The standard InChI is InChI=1S/C14H19N3O4/c1-4-14(19)8-16(9-14)11-6-5-10(13(18)15(2)3)7-12(11)17(20)21/h5-7,19H,4,8-9H2,1-3H3. The van der Waals surface area contributed by atoms with Gasteiger partial charge in [0.25, 0.3) is 11.6 Å². The van der Waals surface area contributed by atoms with E-state index in [9.17, 15) is 20.0 Å². The van der Waals surface area contributed by atoms with Crippen LogP contribution in [-0.2, 0) is 0 Å². The first-order valence-corrected chi connectivity index (χ1v) is 6.75. The summed E-state index contributed by atoms with van der Waals surface area (Å²) in [5.74, 6) is -0.279. The lowest BCUT2D eigenvalue weighted by Gasteiger charge is -2.47. The minimum Gasteiger partial charge on any atom is -0.386 e. The summed E-state index contributed by atoms with van der Waals surface area (Å²) in [6.07, 6.45) is 0.606. The second kappa shape index (κ2) is 5.33. The van der Waals surface area contributed by atoms with Gasteiger partial charge >= 0.3 is 0 Å². The molecular weight excluding hydrogens is 274 g/mol. The zero-order valence-electron chi connectivity index (χ0n) is 12.4. The number of aliphatic hydroxyl groups is 1. The molecule has 0 aliphatic carbocycles. The first-order valence-electron chi connectivity index (χ1n) is 6.75. The Morgan fingerprint density at radius 2 is 2.10 bits per heavy atom. The number of anilines is 1. The van der Waals surface area contributed by atoms with Crippen molar-refractivity contribution in [3.63, 3.8) is 0 Å². The minimum absolute atomic E-state index is 0.110. The lowest BCUT2D eigenvalue weighted by molar-refractivity contribution is -0.384. The maximum Gasteiger partial charge on any atom is 0.293 e. The zero-order valence-corrected chi connectivity index (χ0v) is 12.4. The molecule has 1 saturated heterocycles. The molecule has 2 rings (SSSR count). The first-order chi connectivity index (χ1) is 9.77. The first kappa shape index (κ1) is 15.2. The van der Waals surface area contributed by atoms with Crippen LogP contribution in [0.2, 0.25) is 0 Å². The van der Waals surface area contributed by atoms with E-state index in [1.165, 1.54) is 11.0 Å². The van der Waals surface area contributed by atoms with Crippen LogP contribution in [0.3, 0.4) is 0 Å². The molecule has 1 amide bonds. The van der Waals surface area contributed by atoms with Gasteiger partial charge in [0.1, 0.15) is 5.69 Å². The van der Waals surface area contributed by atoms with Crippen molar-refractivity contribution < 1.29 is 14.8 Å². The maximum atomic E-state index is 11.9. The largest absolute Gasteiger partial charge is 0.386 e. The Balaban J connectivity index is 2.31. The fourth-order valence-electron chi connectivity index (χ4n) is 2.39. The van der Waals surface area contributed by atoms with Crippen molar-refractivity contribution in [2.45, 2.75) is 18.9 Å². The van der Waals surface area contributed by atoms with Crippen molar-refractivity contribution in [2.24, 2.45) is 0 Å². The van der Waals surface area contributed by atoms with Gasteiger partial charge in [-0.1, -0.05) is 6.92 Å². The summed E-state index contributed by atoms with van der Waals surface area (Å²) in [6.45, 7) is 2.61. The van der Waals surface area contributed by atoms with E-state index in [0.717, 1.165) is 0 Å². The summed E-state index contributed by atoms with van der Waals surface area (Å²) in [6, 6.07) is 4.44. The van der Waals surface area contributed by atoms with Crippen LogP contribution in [0.15, 0.2) is 18.2 Å². The van der Waals surface area contributed by atoms with Gasteiger partial charge < -0.3 is 14.9 Å². The van der Waals surface area contributed by atoms with Crippen LogP contribution in [0.4, 0.5) is 11.4 Å². The number of β-amino-alcohol motifs (C(OH)–C–C–N with tert-alkyl or cyclic N) is 1. The number of nitrogens with zero attached hydrogens (tertiary/aromatic N) is 3. The zero-order chi connectivity index (χ0) is 15.8. The quantitative estimate of drug-likeness (QED) is 0.667. The van der Waals surface area contributed by atoms with E-state index in [0.29, 0.717) is 25.2 Å². The second-order valence-electron chi connectivity index (χ2n) is 5.59. The highest BCUT2D eigenvalue weighted by Gasteiger charge is 2.41. The molecule has 1 aromatic rings. The summed E-state index contributed by atoms with van der Waals surface area (Å²) >= 11 is 0. The molecule has 0 aromatic heterocycles. The molecule has 1 aliphatic heterocycles. The Hall–Kier alpha value is -2.15. The van der Waals surface area contributed by atoms with E-state index in [2.05, 4.69) is 0 Å². The van der Waals surface area contributed by atoms with E-state index < -0.39 is 10.5 Å². The molecule has 114 valence electrons. The van der Waals surface area contributed by atoms with Gasteiger partial charge in [0.15, 0.2) is 0 Å². The van der Waals surface area contributed by atoms with Gasteiger partial charge in [-0.3, -0.25) is 14.9 Å². The summed E-state index contributed by atoms with van der Waals surface area (Å²) in [5.41, 5.74) is -0.164. The summed E-state index contributed by atoms with van der Waals surface area (Å²) in [7, 11) is 3.19. The third kappa shape index (κ3) is 2.82. The van der Waals surface area contributed by atoms with Crippen LogP contribution in [0, 0.1) is 10.1 Å². The topological polar surface area (TPSA) is 86.9 Å². The van der Waals surface area contributed by atoms with E-state index in [-0.39, 0.29) is 17.2 Å². The smallest absolute Gasteiger partial charge is 0.293 e. The monoisotopic (exact) mass is 293 g/mol. The normalized spacial score (nSPS) is 16.3. The number of hydrogen-bond acceptors (Lipinski definition) is 5. The highest BCUT2D eigenvalue weighted by atomic mass is 16.6. The van der Waals surface area contributed by atoms with E-state index >= 15 is 0 Å². The van der Waals surface area contributed by atoms with Gasteiger partial charge in [0, 0.05) is 38.8 Å². The van der Waals surface area contributed by atoms with Gasteiger partial charge in [-0.15, -0.1) is 0 Å². The van der Waals surface area contributed by atoms with Crippen molar-refractivity contribution in [2.75, 3.05) is 32.1 Å². The SMILES string of the molecule is CCC1(O)CN(c2ccc(C(=O)N(C)C)cc2[N+](=O)[O-])C1. The van der Waals surface area contributed by atoms with E-state index in [4.69, 9.17) is 0 Å². The van der Waals surface area contributed by atoms with Gasteiger partial charge in [0.2, 0.25) is 0 Å². The number of amides is 1. The van der Waals surface area contributed by atoms with E-state index in [1.807, 2.05) is 6.92 Å². The molecule has 1 heterocycles. The highest BCUT2D eigenvalue weighted by Crippen LogP contribution is 2.36. The van der Waals surface area contributed by atoms with Crippen molar-refractivity contribution in [1.29, 1.82) is 0 Å². The van der Waals surface area contributed by atoms with Crippen molar-refractivity contribution in [1.82, 2.24) is 4.90 Å². The lowest BCUT2D eigenvalue weighted by atomic mass is 9.90. The molecule has 1 fully saturated rings. The van der Waals surface area contributed by atoms with Crippen LogP contribution in [0.5, 0.6) is 0 Å². The fraction of sp³-hybridized carbons (Fsp3) is 0.500. The Morgan fingerprint density at radius 3 is 2.57 bits per heavy atom. The summed E-state index contributed by atoms with van der Waals surface area (Å²) in [5, 5.41) is 21.3. The van der Waals surface area contributed by atoms with Crippen LogP contribution in [0.25, 0.3) is 0 Å². The third-order valence-electron chi connectivity index (χ3n) is 3.79. The average Bonchev–Trinajstić information content (AvgIpc) is 2.42. The number of rotatable bonds is 4. The number of nitro benzene ring substituents is 1. The molecule has 0 radical (unpaired) electrons. The average molecular weight is 293 g/mol. The minimum atomic E-state index is -0.772. The Bertz CT molecular complexity index is 580. The summed E-state index contributed by atoms with van der Waals surface area (Å²) < 4.78 is 0. The summed E-state index contributed by atoms with van der Waals surface area (Å²) in [4.78, 5) is 25.8. The van der Waals surface area contributed by atoms with Crippen LogP contribution in [-0.4, -0.2) is 53.6 Å². The van der Waals surface area contributed by atoms with Crippen molar-refractivity contribution >= 4 is 17.3 Å². The van der Waals surface area contributed by atoms with Crippen LogP contribution >= 0.6 is 0 Å². The fourth-order valence-corrected chi connectivity index (χ4v) is 2.39. The third-order valence-corrected chi connectivity index (χ3v) is 3.79. The van der Waals surface area contributed by atoms with E-state index in [1.54, 1.807) is 31.1 Å². The highest BCUT2D eigenvalue weighted by molar-refractivity contribution is 5.95. The molecule has 1 N–H and O–H groups in total. The molecule has 0 atom stereocenters. The van der Waals surface area contributed by atoms with Gasteiger partial charge in [-0.2, -0.15) is 0 Å². The molecule has 0 unspecified atom stereocenters.